The lowest BCUT2D eigenvalue weighted by Gasteiger charge is -2.09. The average molecular weight is 284 g/mol. The van der Waals surface area contributed by atoms with Gasteiger partial charge in [0.1, 0.15) is 11.9 Å². The Hall–Kier alpha value is -2.53. The number of rotatable bonds is 4. The molecule has 2 aromatic heterocycles. The molecule has 1 atom stereocenters. The highest BCUT2D eigenvalue weighted by Gasteiger charge is 2.17. The second-order valence-corrected chi connectivity index (χ2v) is 4.91. The first-order valence-corrected chi connectivity index (χ1v) is 6.74. The number of hydrogen-bond donors (Lipinski definition) is 3. The summed E-state index contributed by atoms with van der Waals surface area (Å²) in [6.07, 6.45) is 0.638. The van der Waals surface area contributed by atoms with Crippen LogP contribution in [0, 0.1) is 6.92 Å². The van der Waals surface area contributed by atoms with Crippen molar-refractivity contribution in [3.63, 3.8) is 0 Å². The van der Waals surface area contributed by atoms with Crippen molar-refractivity contribution in [1.82, 2.24) is 10.3 Å². The van der Waals surface area contributed by atoms with Crippen molar-refractivity contribution in [1.29, 1.82) is 0 Å². The van der Waals surface area contributed by atoms with Gasteiger partial charge in [0, 0.05) is 16.6 Å². The van der Waals surface area contributed by atoms with E-state index in [1.807, 2.05) is 31.2 Å². The molecule has 1 aromatic carbocycles. The van der Waals surface area contributed by atoms with Crippen LogP contribution in [0.5, 0.6) is 0 Å². The number of aromatic amines is 1. The predicted molar refractivity (Wildman–Crippen MR) is 79.0 cm³/mol. The van der Waals surface area contributed by atoms with Gasteiger partial charge in [0.05, 0.1) is 18.4 Å². The summed E-state index contributed by atoms with van der Waals surface area (Å²) in [5, 5.41) is 13.5. The quantitative estimate of drug-likeness (QED) is 0.689. The van der Waals surface area contributed by atoms with E-state index in [1.54, 1.807) is 12.1 Å². The van der Waals surface area contributed by atoms with Gasteiger partial charge in [-0.05, 0) is 25.1 Å². The zero-order valence-corrected chi connectivity index (χ0v) is 11.6. The minimum atomic E-state index is -0.852. The molecule has 0 aliphatic rings. The molecule has 0 aliphatic carbocycles. The van der Waals surface area contributed by atoms with Crippen molar-refractivity contribution < 1.29 is 14.3 Å². The topological polar surface area (TPSA) is 78.3 Å². The highest BCUT2D eigenvalue weighted by Crippen LogP contribution is 2.22. The Balaban J connectivity index is 1.77. The fraction of sp³-hybridized carbons (Fsp3) is 0.188. The van der Waals surface area contributed by atoms with Crippen LogP contribution in [0.15, 0.2) is 47.1 Å². The predicted octanol–water partition coefficient (Wildman–Crippen LogP) is 2.53. The molecule has 1 unspecified atom stereocenters. The Morgan fingerprint density at radius 3 is 2.90 bits per heavy atom. The van der Waals surface area contributed by atoms with Crippen LogP contribution in [0.3, 0.4) is 0 Å². The normalized spacial score (nSPS) is 12.5. The van der Waals surface area contributed by atoms with Crippen LogP contribution >= 0.6 is 0 Å². The number of carbonyl (C=O) groups is 1. The van der Waals surface area contributed by atoms with Crippen LogP contribution in [-0.2, 0) is 0 Å². The number of fused-ring (bicyclic) bond motifs is 1. The highest BCUT2D eigenvalue weighted by molar-refractivity contribution is 6.08. The van der Waals surface area contributed by atoms with Crippen LogP contribution in [0.1, 0.15) is 27.9 Å². The van der Waals surface area contributed by atoms with Gasteiger partial charge in [-0.25, -0.2) is 0 Å². The molecule has 21 heavy (non-hydrogen) atoms. The number of aromatic nitrogens is 1. The summed E-state index contributed by atoms with van der Waals surface area (Å²) in [5.74, 6) is 0.224. The molecule has 2 heterocycles. The van der Waals surface area contributed by atoms with E-state index in [0.717, 1.165) is 16.6 Å². The average Bonchev–Trinajstić information content (AvgIpc) is 3.10. The smallest absolute Gasteiger partial charge is 0.253 e. The Labute approximate surface area is 121 Å². The van der Waals surface area contributed by atoms with Crippen LogP contribution in [0.4, 0.5) is 0 Å². The molecule has 5 heteroatoms. The molecule has 0 aliphatic heterocycles. The van der Waals surface area contributed by atoms with E-state index in [-0.39, 0.29) is 12.5 Å². The van der Waals surface area contributed by atoms with Gasteiger partial charge in [-0.1, -0.05) is 18.2 Å². The van der Waals surface area contributed by atoms with Gasteiger partial charge in [-0.15, -0.1) is 0 Å². The molecule has 3 aromatic rings. The van der Waals surface area contributed by atoms with E-state index < -0.39 is 6.10 Å². The highest BCUT2D eigenvalue weighted by atomic mass is 16.4. The Kier molecular flexibility index (Phi) is 3.50. The fourth-order valence-electron chi connectivity index (χ4n) is 2.43. The number of para-hydroxylation sites is 1. The van der Waals surface area contributed by atoms with Gasteiger partial charge in [0.2, 0.25) is 0 Å². The van der Waals surface area contributed by atoms with Crippen molar-refractivity contribution in [3.05, 3.63) is 59.7 Å². The first kappa shape index (κ1) is 13.5. The van der Waals surface area contributed by atoms with Gasteiger partial charge < -0.3 is 19.8 Å². The second-order valence-electron chi connectivity index (χ2n) is 4.91. The molecule has 1 amide bonds. The number of nitrogens with one attached hydrogen (secondary N) is 2. The molecule has 3 rings (SSSR count). The summed E-state index contributed by atoms with van der Waals surface area (Å²) in [6.45, 7) is 1.96. The van der Waals surface area contributed by atoms with E-state index in [4.69, 9.17) is 4.42 Å². The minimum Gasteiger partial charge on any atom is -0.467 e. The lowest BCUT2D eigenvalue weighted by atomic mass is 10.1. The SMILES string of the molecule is Cc1[nH]c2ccccc2c1C(=O)NCC(O)c1ccco1. The number of carbonyl (C=O) groups excluding carboxylic acids is 1. The number of aryl methyl sites for hydroxylation is 1. The molecule has 0 saturated carbocycles. The summed E-state index contributed by atoms with van der Waals surface area (Å²) in [5.41, 5.74) is 2.34. The maximum Gasteiger partial charge on any atom is 0.253 e. The number of amides is 1. The third-order valence-electron chi connectivity index (χ3n) is 3.45. The zero-order valence-electron chi connectivity index (χ0n) is 11.6. The number of furan rings is 1. The maximum absolute atomic E-state index is 12.3. The van der Waals surface area contributed by atoms with Crippen LogP contribution in [0.25, 0.3) is 10.9 Å². The molecule has 0 saturated heterocycles. The number of benzene rings is 1. The molecular formula is C16H16N2O3. The van der Waals surface area contributed by atoms with Crippen molar-refractivity contribution >= 4 is 16.8 Å². The van der Waals surface area contributed by atoms with E-state index in [1.165, 1.54) is 6.26 Å². The van der Waals surface area contributed by atoms with Gasteiger partial charge >= 0.3 is 0 Å². The van der Waals surface area contributed by atoms with Crippen LogP contribution in [0.2, 0.25) is 0 Å². The van der Waals surface area contributed by atoms with Crippen molar-refractivity contribution in [2.45, 2.75) is 13.0 Å². The maximum atomic E-state index is 12.3. The molecule has 5 nitrogen and oxygen atoms in total. The molecular weight excluding hydrogens is 268 g/mol. The first-order valence-electron chi connectivity index (χ1n) is 6.74. The van der Waals surface area contributed by atoms with Crippen molar-refractivity contribution in [2.24, 2.45) is 0 Å². The molecule has 0 bridgehead atoms. The third kappa shape index (κ3) is 2.55. The zero-order chi connectivity index (χ0) is 14.8. The summed E-state index contributed by atoms with van der Waals surface area (Å²) in [6, 6.07) is 11.0. The molecule has 3 N–H and O–H groups in total. The van der Waals surface area contributed by atoms with Gasteiger partial charge in [-0.3, -0.25) is 4.79 Å². The third-order valence-corrected chi connectivity index (χ3v) is 3.45. The van der Waals surface area contributed by atoms with Gasteiger partial charge in [0.15, 0.2) is 0 Å². The summed E-state index contributed by atoms with van der Waals surface area (Å²) < 4.78 is 5.10. The van der Waals surface area contributed by atoms with Gasteiger partial charge in [-0.2, -0.15) is 0 Å². The van der Waals surface area contributed by atoms with Gasteiger partial charge in [0.25, 0.3) is 5.91 Å². The summed E-state index contributed by atoms with van der Waals surface area (Å²) >= 11 is 0. The fourth-order valence-corrected chi connectivity index (χ4v) is 2.43. The molecule has 0 fully saturated rings. The Morgan fingerprint density at radius 1 is 1.33 bits per heavy atom. The first-order chi connectivity index (χ1) is 10.2. The molecule has 0 spiro atoms. The standard InChI is InChI=1S/C16H16N2O3/c1-10-15(11-5-2-3-6-12(11)18-10)16(20)17-9-13(19)14-7-4-8-21-14/h2-8,13,18-19H,9H2,1H3,(H,17,20). The molecule has 108 valence electrons. The lowest BCUT2D eigenvalue weighted by Crippen LogP contribution is -2.28. The number of aliphatic hydroxyl groups excluding tert-OH is 1. The largest absolute Gasteiger partial charge is 0.467 e. The Bertz CT molecular complexity index is 759. The summed E-state index contributed by atoms with van der Waals surface area (Å²) in [4.78, 5) is 15.5. The Morgan fingerprint density at radius 2 is 2.14 bits per heavy atom. The van der Waals surface area contributed by atoms with Crippen LogP contribution in [-0.4, -0.2) is 22.5 Å². The number of H-pyrrole nitrogens is 1. The monoisotopic (exact) mass is 284 g/mol. The van der Waals surface area contributed by atoms with E-state index in [2.05, 4.69) is 10.3 Å². The van der Waals surface area contributed by atoms with E-state index in [0.29, 0.717) is 11.3 Å². The van der Waals surface area contributed by atoms with Crippen LogP contribution < -0.4 is 5.32 Å². The number of aliphatic hydroxyl groups is 1. The number of hydrogen-bond acceptors (Lipinski definition) is 3. The molecule has 0 radical (unpaired) electrons. The van der Waals surface area contributed by atoms with E-state index >= 15 is 0 Å². The summed E-state index contributed by atoms with van der Waals surface area (Å²) in [7, 11) is 0. The van der Waals surface area contributed by atoms with Crippen molar-refractivity contribution in [2.75, 3.05) is 6.54 Å². The van der Waals surface area contributed by atoms with E-state index in [9.17, 15) is 9.90 Å². The second kappa shape index (κ2) is 5.46. The lowest BCUT2D eigenvalue weighted by molar-refractivity contribution is 0.0902. The van der Waals surface area contributed by atoms with Crippen molar-refractivity contribution in [3.8, 4) is 0 Å². The minimum absolute atomic E-state index is 0.102.